The third-order valence-electron chi connectivity index (χ3n) is 4.06. The molecule has 0 aromatic carbocycles. The Kier molecular flexibility index (Phi) is 5.62. The van der Waals surface area contributed by atoms with E-state index < -0.39 is 0 Å². The van der Waals surface area contributed by atoms with Crippen molar-refractivity contribution in [1.82, 2.24) is 9.97 Å². The summed E-state index contributed by atoms with van der Waals surface area (Å²) < 4.78 is 0. The van der Waals surface area contributed by atoms with Crippen molar-refractivity contribution >= 4 is 11.6 Å². The minimum Gasteiger partial charge on any atom is -0.373 e. The number of nitrogens with one attached hydrogen (secondary N) is 2. The Morgan fingerprint density at radius 1 is 1.25 bits per heavy atom. The summed E-state index contributed by atoms with van der Waals surface area (Å²) in [7, 11) is 1.92. The Morgan fingerprint density at radius 2 is 2.00 bits per heavy atom. The maximum Gasteiger partial charge on any atom is 0.136 e. The van der Waals surface area contributed by atoms with E-state index in [9.17, 15) is 0 Å². The van der Waals surface area contributed by atoms with Crippen LogP contribution in [-0.2, 0) is 0 Å². The largest absolute Gasteiger partial charge is 0.373 e. The van der Waals surface area contributed by atoms with Crippen molar-refractivity contribution in [3.63, 3.8) is 0 Å². The van der Waals surface area contributed by atoms with Crippen LogP contribution in [0.4, 0.5) is 11.6 Å². The molecule has 4 heteroatoms. The number of aromatic nitrogens is 2. The van der Waals surface area contributed by atoms with Gasteiger partial charge in [-0.25, -0.2) is 9.97 Å². The maximum absolute atomic E-state index is 4.67. The molecule has 0 saturated heterocycles. The fourth-order valence-corrected chi connectivity index (χ4v) is 2.40. The molecule has 0 amide bonds. The molecule has 1 heterocycles. The van der Waals surface area contributed by atoms with Crippen molar-refractivity contribution in [1.29, 1.82) is 0 Å². The van der Waals surface area contributed by atoms with Gasteiger partial charge in [-0.1, -0.05) is 33.1 Å². The fourth-order valence-electron chi connectivity index (χ4n) is 2.40. The lowest BCUT2D eigenvalue weighted by Crippen LogP contribution is -2.15. The first-order chi connectivity index (χ1) is 9.76. The minimum absolute atomic E-state index is 0.589. The summed E-state index contributed by atoms with van der Waals surface area (Å²) in [6.45, 7) is 5.54. The summed E-state index contributed by atoms with van der Waals surface area (Å²) in [5, 5.41) is 6.65. The van der Waals surface area contributed by atoms with Crippen molar-refractivity contribution in [2.75, 3.05) is 24.2 Å². The average Bonchev–Trinajstić information content (AvgIpc) is 3.32. The summed E-state index contributed by atoms with van der Waals surface area (Å²) >= 11 is 0. The first kappa shape index (κ1) is 15.1. The predicted octanol–water partition coefficient (Wildman–Crippen LogP) is 4.02. The maximum atomic E-state index is 4.67. The Labute approximate surface area is 122 Å². The van der Waals surface area contributed by atoms with E-state index in [1.54, 1.807) is 0 Å². The van der Waals surface area contributed by atoms with Crippen LogP contribution >= 0.6 is 0 Å². The quantitative estimate of drug-likeness (QED) is 0.715. The van der Waals surface area contributed by atoms with Gasteiger partial charge in [-0.05, 0) is 25.2 Å². The molecule has 1 unspecified atom stereocenters. The second-order valence-corrected chi connectivity index (χ2v) is 5.82. The number of hydrogen-bond acceptors (Lipinski definition) is 4. The second-order valence-electron chi connectivity index (χ2n) is 5.82. The molecule has 0 spiro atoms. The second kappa shape index (κ2) is 7.46. The highest BCUT2D eigenvalue weighted by atomic mass is 15.1. The highest BCUT2D eigenvalue weighted by molar-refractivity contribution is 5.47. The first-order valence-corrected chi connectivity index (χ1v) is 8.07. The van der Waals surface area contributed by atoms with Gasteiger partial charge in [0, 0.05) is 25.6 Å². The molecule has 1 fully saturated rings. The molecule has 1 saturated carbocycles. The molecule has 0 bridgehead atoms. The van der Waals surface area contributed by atoms with Gasteiger partial charge in [0.05, 0.1) is 0 Å². The van der Waals surface area contributed by atoms with Crippen LogP contribution in [0.5, 0.6) is 0 Å². The standard InChI is InChI=1S/C16H28N4/c1-4-6-7-12(5-2)11-18-15-10-14(17-3)19-16(20-15)13-8-9-13/h10,12-13H,4-9,11H2,1-3H3,(H2,17,18,19,20). The SMILES string of the molecule is CCCCC(CC)CNc1cc(NC)nc(C2CC2)n1. The smallest absolute Gasteiger partial charge is 0.136 e. The lowest BCUT2D eigenvalue weighted by atomic mass is 9.99. The van der Waals surface area contributed by atoms with E-state index in [1.165, 1.54) is 38.5 Å². The molecule has 112 valence electrons. The van der Waals surface area contributed by atoms with Crippen LogP contribution in [0.2, 0.25) is 0 Å². The number of unbranched alkanes of at least 4 members (excludes halogenated alkanes) is 1. The van der Waals surface area contributed by atoms with Crippen LogP contribution in [0.3, 0.4) is 0 Å². The van der Waals surface area contributed by atoms with E-state index in [2.05, 4.69) is 34.4 Å². The topological polar surface area (TPSA) is 49.8 Å². The zero-order valence-corrected chi connectivity index (χ0v) is 13.1. The predicted molar refractivity (Wildman–Crippen MR) is 85.3 cm³/mol. The Hall–Kier alpha value is -1.32. The molecule has 1 aliphatic carbocycles. The third kappa shape index (κ3) is 4.36. The van der Waals surface area contributed by atoms with E-state index in [0.29, 0.717) is 5.92 Å². The molecule has 1 aromatic rings. The summed E-state index contributed by atoms with van der Waals surface area (Å²) in [6, 6.07) is 2.01. The van der Waals surface area contributed by atoms with Gasteiger partial charge in [-0.3, -0.25) is 0 Å². The molecular formula is C16H28N4. The summed E-state index contributed by atoms with van der Waals surface area (Å²) in [5.74, 6) is 4.23. The summed E-state index contributed by atoms with van der Waals surface area (Å²) in [4.78, 5) is 9.22. The molecule has 2 rings (SSSR count). The monoisotopic (exact) mass is 276 g/mol. The lowest BCUT2D eigenvalue weighted by Gasteiger charge is -2.16. The Bertz CT molecular complexity index is 415. The van der Waals surface area contributed by atoms with Gasteiger partial charge < -0.3 is 10.6 Å². The van der Waals surface area contributed by atoms with Gasteiger partial charge in [0.25, 0.3) is 0 Å². The fraction of sp³-hybridized carbons (Fsp3) is 0.750. The lowest BCUT2D eigenvalue weighted by molar-refractivity contribution is 0.472. The number of rotatable bonds is 9. The molecule has 2 N–H and O–H groups in total. The van der Waals surface area contributed by atoms with Gasteiger partial charge in [0.15, 0.2) is 0 Å². The van der Waals surface area contributed by atoms with Gasteiger partial charge in [-0.15, -0.1) is 0 Å². The average molecular weight is 276 g/mol. The van der Waals surface area contributed by atoms with Gasteiger partial charge in [0.1, 0.15) is 17.5 Å². The summed E-state index contributed by atoms with van der Waals surface area (Å²) in [5.41, 5.74) is 0. The van der Waals surface area contributed by atoms with Gasteiger partial charge in [0.2, 0.25) is 0 Å². The molecule has 1 atom stereocenters. The normalized spacial score (nSPS) is 15.9. The molecule has 1 aromatic heterocycles. The van der Waals surface area contributed by atoms with E-state index in [0.717, 1.165) is 29.9 Å². The minimum atomic E-state index is 0.589. The molecule has 4 nitrogen and oxygen atoms in total. The molecule has 0 radical (unpaired) electrons. The van der Waals surface area contributed by atoms with Crippen molar-refractivity contribution < 1.29 is 0 Å². The number of anilines is 2. The summed E-state index contributed by atoms with van der Waals surface area (Å²) in [6.07, 6.45) is 7.60. The first-order valence-electron chi connectivity index (χ1n) is 8.07. The highest BCUT2D eigenvalue weighted by Crippen LogP contribution is 2.38. The Morgan fingerprint density at radius 3 is 2.60 bits per heavy atom. The molecule has 1 aliphatic rings. The van der Waals surface area contributed by atoms with Crippen LogP contribution < -0.4 is 10.6 Å². The number of nitrogens with zero attached hydrogens (tertiary/aromatic N) is 2. The van der Waals surface area contributed by atoms with Gasteiger partial charge >= 0.3 is 0 Å². The Balaban J connectivity index is 1.95. The van der Waals surface area contributed by atoms with Crippen molar-refractivity contribution in [3.05, 3.63) is 11.9 Å². The molecule has 20 heavy (non-hydrogen) atoms. The van der Waals surface area contributed by atoms with E-state index >= 15 is 0 Å². The van der Waals surface area contributed by atoms with Gasteiger partial charge in [-0.2, -0.15) is 0 Å². The zero-order chi connectivity index (χ0) is 14.4. The molecular weight excluding hydrogens is 248 g/mol. The van der Waals surface area contributed by atoms with E-state index in [-0.39, 0.29) is 0 Å². The zero-order valence-electron chi connectivity index (χ0n) is 13.1. The van der Waals surface area contributed by atoms with Crippen LogP contribution in [0.15, 0.2) is 6.07 Å². The van der Waals surface area contributed by atoms with Crippen LogP contribution in [0, 0.1) is 5.92 Å². The van der Waals surface area contributed by atoms with Crippen LogP contribution in [-0.4, -0.2) is 23.6 Å². The molecule has 0 aliphatic heterocycles. The van der Waals surface area contributed by atoms with E-state index in [1.807, 2.05) is 13.1 Å². The van der Waals surface area contributed by atoms with Crippen molar-refractivity contribution in [2.45, 2.75) is 58.3 Å². The van der Waals surface area contributed by atoms with Crippen LogP contribution in [0.25, 0.3) is 0 Å². The van der Waals surface area contributed by atoms with Crippen molar-refractivity contribution in [3.8, 4) is 0 Å². The number of hydrogen-bond donors (Lipinski definition) is 2. The van der Waals surface area contributed by atoms with Crippen LogP contribution in [0.1, 0.15) is 64.1 Å². The highest BCUT2D eigenvalue weighted by Gasteiger charge is 2.27. The van der Waals surface area contributed by atoms with E-state index in [4.69, 9.17) is 0 Å². The third-order valence-corrected chi connectivity index (χ3v) is 4.06. The van der Waals surface area contributed by atoms with Crippen molar-refractivity contribution in [2.24, 2.45) is 5.92 Å².